The highest BCUT2D eigenvalue weighted by molar-refractivity contribution is 6.06. The van der Waals surface area contributed by atoms with Gasteiger partial charge >= 0.3 is 11.6 Å². The second kappa shape index (κ2) is 9.32. The van der Waals surface area contributed by atoms with Crippen molar-refractivity contribution in [2.45, 2.75) is 6.92 Å². The highest BCUT2D eigenvalue weighted by Crippen LogP contribution is 2.38. The summed E-state index contributed by atoms with van der Waals surface area (Å²) in [5.74, 6) is -0.669. The van der Waals surface area contributed by atoms with Gasteiger partial charge in [-0.15, -0.1) is 0 Å². The lowest BCUT2D eigenvalue weighted by Crippen LogP contribution is -2.15. The zero-order valence-corrected chi connectivity index (χ0v) is 17.7. The Bertz CT molecular complexity index is 1360. The quantitative estimate of drug-likeness (QED) is 0.215. The summed E-state index contributed by atoms with van der Waals surface area (Å²) in [6.45, 7) is 1.80. The zero-order valence-electron chi connectivity index (χ0n) is 17.7. The van der Waals surface area contributed by atoms with Crippen molar-refractivity contribution in [1.82, 2.24) is 0 Å². The van der Waals surface area contributed by atoms with Gasteiger partial charge in [0.1, 0.15) is 5.56 Å². The first kappa shape index (κ1) is 21.7. The lowest BCUT2D eigenvalue weighted by molar-refractivity contribution is -0.384. The van der Waals surface area contributed by atoms with Crippen LogP contribution in [-0.2, 0) is 4.74 Å². The van der Waals surface area contributed by atoms with Crippen LogP contribution in [0.2, 0.25) is 0 Å². The minimum absolute atomic E-state index is 0.00752. The van der Waals surface area contributed by atoms with Gasteiger partial charge in [-0.1, -0.05) is 60.7 Å². The molecule has 0 unspecified atom stereocenters. The summed E-state index contributed by atoms with van der Waals surface area (Å²) in [6.07, 6.45) is 0. The Morgan fingerprint density at radius 1 is 0.848 bits per heavy atom. The molecule has 7 nitrogen and oxygen atoms in total. The highest BCUT2D eigenvalue weighted by atomic mass is 16.6. The van der Waals surface area contributed by atoms with Crippen LogP contribution in [0.1, 0.15) is 17.3 Å². The first-order valence-corrected chi connectivity index (χ1v) is 10.2. The van der Waals surface area contributed by atoms with E-state index in [1.165, 1.54) is 24.3 Å². The van der Waals surface area contributed by atoms with Crippen LogP contribution in [0.25, 0.3) is 33.6 Å². The summed E-state index contributed by atoms with van der Waals surface area (Å²) in [5, 5.41) is 11.1. The van der Waals surface area contributed by atoms with Crippen molar-refractivity contribution in [3.63, 3.8) is 0 Å². The Labute approximate surface area is 189 Å². The Morgan fingerprint density at radius 2 is 1.39 bits per heavy atom. The fraction of sp³-hybridized carbons (Fsp3) is 0.0769. The number of ether oxygens (including phenoxy) is 1. The predicted molar refractivity (Wildman–Crippen MR) is 124 cm³/mol. The van der Waals surface area contributed by atoms with Crippen LogP contribution in [0.3, 0.4) is 0 Å². The molecule has 1 aromatic heterocycles. The van der Waals surface area contributed by atoms with Crippen molar-refractivity contribution in [3.8, 4) is 33.6 Å². The number of carbonyl (C=O) groups is 1. The SMILES string of the molecule is CCOC(=O)c1c(-c2ccc([N+](=O)[O-])cc2)oc(=O)c(-c2ccccc2)c1-c1ccccc1. The van der Waals surface area contributed by atoms with E-state index >= 15 is 0 Å². The lowest BCUT2D eigenvalue weighted by atomic mass is 9.90. The third-order valence-corrected chi connectivity index (χ3v) is 5.07. The van der Waals surface area contributed by atoms with Crippen LogP contribution >= 0.6 is 0 Å². The summed E-state index contributed by atoms with van der Waals surface area (Å²) < 4.78 is 11.0. The number of nitro benzene ring substituents is 1. The third kappa shape index (κ3) is 4.29. The molecular weight excluding hydrogens is 422 g/mol. The number of benzene rings is 3. The normalized spacial score (nSPS) is 10.6. The van der Waals surface area contributed by atoms with Crippen molar-refractivity contribution in [3.05, 3.63) is 111 Å². The average molecular weight is 441 g/mol. The molecule has 4 aromatic rings. The molecule has 0 bridgehead atoms. The largest absolute Gasteiger partial charge is 0.462 e. The van der Waals surface area contributed by atoms with E-state index in [1.807, 2.05) is 12.1 Å². The molecule has 1 heterocycles. The van der Waals surface area contributed by atoms with Gasteiger partial charge in [-0.2, -0.15) is 0 Å². The Morgan fingerprint density at radius 3 is 1.91 bits per heavy atom. The molecule has 0 radical (unpaired) electrons. The van der Waals surface area contributed by atoms with Gasteiger partial charge in [-0.3, -0.25) is 10.1 Å². The topological polar surface area (TPSA) is 99.7 Å². The van der Waals surface area contributed by atoms with E-state index in [-0.39, 0.29) is 29.2 Å². The molecule has 0 fully saturated rings. The Kier molecular flexibility index (Phi) is 6.13. The number of esters is 1. The van der Waals surface area contributed by atoms with E-state index in [2.05, 4.69) is 0 Å². The third-order valence-electron chi connectivity index (χ3n) is 5.07. The van der Waals surface area contributed by atoms with Crippen LogP contribution in [0.15, 0.2) is 94.1 Å². The molecule has 164 valence electrons. The first-order valence-electron chi connectivity index (χ1n) is 10.2. The van der Waals surface area contributed by atoms with Gasteiger partial charge in [-0.05, 0) is 30.2 Å². The van der Waals surface area contributed by atoms with E-state index in [0.717, 1.165) is 0 Å². The van der Waals surface area contributed by atoms with Gasteiger partial charge in [0, 0.05) is 23.3 Å². The zero-order chi connectivity index (χ0) is 23.4. The molecule has 0 aliphatic carbocycles. The Hall–Kier alpha value is -4.52. The maximum atomic E-state index is 13.3. The number of non-ortho nitro benzene ring substituents is 1. The molecule has 33 heavy (non-hydrogen) atoms. The van der Waals surface area contributed by atoms with Crippen LogP contribution in [0, 0.1) is 10.1 Å². The van der Waals surface area contributed by atoms with Crippen molar-refractivity contribution >= 4 is 11.7 Å². The van der Waals surface area contributed by atoms with E-state index < -0.39 is 16.5 Å². The molecule has 4 rings (SSSR count). The minimum atomic E-state index is -0.661. The van der Waals surface area contributed by atoms with E-state index in [1.54, 1.807) is 55.5 Å². The van der Waals surface area contributed by atoms with Crippen LogP contribution < -0.4 is 5.63 Å². The molecule has 0 N–H and O–H groups in total. The van der Waals surface area contributed by atoms with E-state index in [4.69, 9.17) is 9.15 Å². The van der Waals surface area contributed by atoms with Crippen LogP contribution in [-0.4, -0.2) is 17.5 Å². The van der Waals surface area contributed by atoms with Gasteiger partial charge < -0.3 is 9.15 Å². The average Bonchev–Trinajstić information content (AvgIpc) is 2.84. The standard InChI is InChI=1S/C26H19NO6/c1-2-32-25(28)23-21(17-9-5-3-6-10-17)22(18-11-7-4-8-12-18)26(29)33-24(23)19-13-15-20(16-14-19)27(30)31/h3-16H,2H2,1H3. The first-order chi connectivity index (χ1) is 16.0. The highest BCUT2D eigenvalue weighted by Gasteiger charge is 2.28. The molecule has 0 aliphatic heterocycles. The maximum absolute atomic E-state index is 13.3. The van der Waals surface area contributed by atoms with Crippen molar-refractivity contribution < 1.29 is 18.9 Å². The van der Waals surface area contributed by atoms with Crippen molar-refractivity contribution in [1.29, 1.82) is 0 Å². The molecule has 0 atom stereocenters. The fourth-order valence-corrected chi connectivity index (χ4v) is 3.63. The number of rotatable bonds is 6. The lowest BCUT2D eigenvalue weighted by Gasteiger charge is -2.17. The molecule has 7 heteroatoms. The second-order valence-electron chi connectivity index (χ2n) is 7.10. The smallest absolute Gasteiger partial charge is 0.344 e. The predicted octanol–water partition coefficient (Wildman–Crippen LogP) is 5.73. The van der Waals surface area contributed by atoms with Gasteiger partial charge in [0.15, 0.2) is 5.76 Å². The summed E-state index contributed by atoms with van der Waals surface area (Å²) in [7, 11) is 0. The van der Waals surface area contributed by atoms with Gasteiger partial charge in [0.25, 0.3) is 5.69 Å². The number of hydrogen-bond donors (Lipinski definition) is 0. The number of hydrogen-bond acceptors (Lipinski definition) is 6. The molecule has 0 spiro atoms. The summed E-state index contributed by atoms with van der Waals surface area (Å²) in [6, 6.07) is 23.4. The van der Waals surface area contributed by atoms with Crippen LogP contribution in [0.5, 0.6) is 0 Å². The van der Waals surface area contributed by atoms with Gasteiger partial charge in [-0.25, -0.2) is 9.59 Å². The number of carbonyl (C=O) groups excluding carboxylic acids is 1. The fourth-order valence-electron chi connectivity index (χ4n) is 3.63. The Balaban J connectivity index is 2.10. The molecular formula is C26H19NO6. The number of nitrogens with zero attached hydrogens (tertiary/aromatic N) is 1. The molecule has 3 aromatic carbocycles. The van der Waals surface area contributed by atoms with Crippen molar-refractivity contribution in [2.24, 2.45) is 0 Å². The number of nitro groups is 1. The molecule has 0 saturated heterocycles. The van der Waals surface area contributed by atoms with E-state index in [0.29, 0.717) is 22.3 Å². The minimum Gasteiger partial charge on any atom is -0.462 e. The monoisotopic (exact) mass is 441 g/mol. The molecule has 0 aliphatic rings. The van der Waals surface area contributed by atoms with Crippen molar-refractivity contribution in [2.75, 3.05) is 6.61 Å². The molecule has 0 saturated carbocycles. The van der Waals surface area contributed by atoms with Gasteiger partial charge in [0.05, 0.1) is 17.1 Å². The summed E-state index contributed by atoms with van der Waals surface area (Å²) in [4.78, 5) is 37.0. The summed E-state index contributed by atoms with van der Waals surface area (Å²) in [5.41, 5.74) is 1.50. The maximum Gasteiger partial charge on any atom is 0.344 e. The van der Waals surface area contributed by atoms with Crippen LogP contribution in [0.4, 0.5) is 5.69 Å². The molecule has 0 amide bonds. The second-order valence-corrected chi connectivity index (χ2v) is 7.10. The summed E-state index contributed by atoms with van der Waals surface area (Å²) >= 11 is 0. The van der Waals surface area contributed by atoms with Gasteiger partial charge in [0.2, 0.25) is 0 Å². The van der Waals surface area contributed by atoms with E-state index in [9.17, 15) is 19.7 Å².